The summed E-state index contributed by atoms with van der Waals surface area (Å²) in [7, 11) is -2.35. The Morgan fingerprint density at radius 2 is 1.64 bits per heavy atom. The number of amides is 1. The minimum Gasteiger partial charge on any atom is -0.497 e. The van der Waals surface area contributed by atoms with E-state index in [-0.39, 0.29) is 10.5 Å². The molecular weight excluding hydrogens is 400 g/mol. The average molecular weight is 417 g/mol. The number of methoxy groups -OCH3 is 1. The third-order valence-corrected chi connectivity index (χ3v) is 5.43. The van der Waals surface area contributed by atoms with Gasteiger partial charge in [-0.3, -0.25) is 9.52 Å². The fraction of sp³-hybridized carbons (Fsp3) is 0.0500. The molecule has 3 aromatic rings. The summed E-state index contributed by atoms with van der Waals surface area (Å²) in [5.41, 5.74) is 1.07. The van der Waals surface area contributed by atoms with E-state index in [0.717, 1.165) is 0 Å². The monoisotopic (exact) mass is 416 g/mol. The van der Waals surface area contributed by atoms with Crippen LogP contribution in [0.4, 0.5) is 11.4 Å². The standard InChI is InChI=1S/C20H17ClN2O4S/c1-27-18-9-4-7-16(13-18)22-20(24)14-5-2-10-19(11-14)28(25,26)23-17-8-3-6-15(21)12-17/h2-13,23H,1H3,(H,22,24). The molecule has 0 aliphatic heterocycles. The van der Waals surface area contributed by atoms with Crippen LogP contribution in [0.15, 0.2) is 77.7 Å². The maximum Gasteiger partial charge on any atom is 0.261 e. The molecule has 1 amide bonds. The molecule has 0 saturated heterocycles. The van der Waals surface area contributed by atoms with E-state index < -0.39 is 15.9 Å². The number of carbonyl (C=O) groups is 1. The SMILES string of the molecule is COc1cccc(NC(=O)c2cccc(S(=O)(=O)Nc3cccc(Cl)c3)c2)c1. The first-order valence-electron chi connectivity index (χ1n) is 8.21. The van der Waals surface area contributed by atoms with Crippen LogP contribution in [0.25, 0.3) is 0 Å². The van der Waals surface area contributed by atoms with Crippen molar-refractivity contribution in [3.63, 3.8) is 0 Å². The molecule has 28 heavy (non-hydrogen) atoms. The molecule has 6 nitrogen and oxygen atoms in total. The third-order valence-electron chi connectivity index (χ3n) is 3.81. The number of ether oxygens (including phenoxy) is 1. The molecule has 0 atom stereocenters. The quantitative estimate of drug-likeness (QED) is 0.623. The molecule has 0 saturated carbocycles. The summed E-state index contributed by atoms with van der Waals surface area (Å²) >= 11 is 5.89. The van der Waals surface area contributed by atoms with Crippen molar-refractivity contribution in [1.29, 1.82) is 0 Å². The number of hydrogen-bond acceptors (Lipinski definition) is 4. The molecule has 0 spiro atoms. The molecule has 3 aromatic carbocycles. The van der Waals surface area contributed by atoms with Crippen LogP contribution in [0.5, 0.6) is 5.75 Å². The maximum absolute atomic E-state index is 12.6. The van der Waals surface area contributed by atoms with Gasteiger partial charge in [0.25, 0.3) is 15.9 Å². The fourth-order valence-electron chi connectivity index (χ4n) is 2.47. The minimum atomic E-state index is -3.88. The minimum absolute atomic E-state index is 0.0363. The van der Waals surface area contributed by atoms with Gasteiger partial charge in [0.1, 0.15) is 5.75 Å². The van der Waals surface area contributed by atoms with E-state index in [1.165, 1.54) is 37.4 Å². The van der Waals surface area contributed by atoms with Gasteiger partial charge in [-0.1, -0.05) is 29.8 Å². The van der Waals surface area contributed by atoms with Gasteiger partial charge in [0, 0.05) is 22.3 Å². The second-order valence-electron chi connectivity index (χ2n) is 5.83. The number of nitrogens with one attached hydrogen (secondary N) is 2. The van der Waals surface area contributed by atoms with Gasteiger partial charge in [-0.2, -0.15) is 0 Å². The van der Waals surface area contributed by atoms with Crippen LogP contribution < -0.4 is 14.8 Å². The zero-order valence-electron chi connectivity index (χ0n) is 14.8. The molecule has 3 rings (SSSR count). The van der Waals surface area contributed by atoms with Crippen molar-refractivity contribution in [3.8, 4) is 5.75 Å². The molecule has 0 aliphatic carbocycles. The van der Waals surface area contributed by atoms with Crippen molar-refractivity contribution in [3.05, 3.63) is 83.4 Å². The van der Waals surface area contributed by atoms with Crippen LogP contribution in [0.1, 0.15) is 10.4 Å². The highest BCUT2D eigenvalue weighted by molar-refractivity contribution is 7.92. The van der Waals surface area contributed by atoms with Gasteiger partial charge in [0.05, 0.1) is 17.7 Å². The summed E-state index contributed by atoms with van der Waals surface area (Å²) in [6, 6.07) is 19.0. The lowest BCUT2D eigenvalue weighted by atomic mass is 10.2. The molecule has 2 N–H and O–H groups in total. The molecule has 0 bridgehead atoms. The van der Waals surface area contributed by atoms with Crippen LogP contribution in [0, 0.1) is 0 Å². The maximum atomic E-state index is 12.6. The van der Waals surface area contributed by atoms with Gasteiger partial charge < -0.3 is 10.1 Å². The summed E-state index contributed by atoms with van der Waals surface area (Å²) < 4.78 is 32.8. The number of hydrogen-bond donors (Lipinski definition) is 2. The van der Waals surface area contributed by atoms with E-state index in [9.17, 15) is 13.2 Å². The van der Waals surface area contributed by atoms with E-state index in [4.69, 9.17) is 16.3 Å². The van der Waals surface area contributed by atoms with Gasteiger partial charge in [0.15, 0.2) is 0 Å². The topological polar surface area (TPSA) is 84.5 Å². The van der Waals surface area contributed by atoms with Gasteiger partial charge in [-0.15, -0.1) is 0 Å². The highest BCUT2D eigenvalue weighted by Crippen LogP contribution is 2.21. The largest absolute Gasteiger partial charge is 0.497 e. The number of rotatable bonds is 6. The van der Waals surface area contributed by atoms with Gasteiger partial charge >= 0.3 is 0 Å². The van der Waals surface area contributed by atoms with Crippen LogP contribution in [-0.4, -0.2) is 21.4 Å². The average Bonchev–Trinajstić information content (AvgIpc) is 2.68. The Bertz CT molecular complexity index is 1120. The van der Waals surface area contributed by atoms with Crippen molar-refractivity contribution >= 4 is 38.9 Å². The Morgan fingerprint density at radius 3 is 2.39 bits per heavy atom. The molecule has 0 radical (unpaired) electrons. The van der Waals surface area contributed by atoms with Crippen molar-refractivity contribution in [2.75, 3.05) is 17.1 Å². The summed E-state index contributed by atoms with van der Waals surface area (Å²) in [5.74, 6) is 0.160. The summed E-state index contributed by atoms with van der Waals surface area (Å²) in [4.78, 5) is 12.5. The highest BCUT2D eigenvalue weighted by Gasteiger charge is 2.17. The van der Waals surface area contributed by atoms with E-state index >= 15 is 0 Å². The first kappa shape index (κ1) is 19.7. The molecule has 0 unspecified atom stereocenters. The predicted octanol–water partition coefficient (Wildman–Crippen LogP) is 4.40. The lowest BCUT2D eigenvalue weighted by molar-refractivity contribution is 0.102. The highest BCUT2D eigenvalue weighted by atomic mass is 35.5. The zero-order valence-corrected chi connectivity index (χ0v) is 16.4. The van der Waals surface area contributed by atoms with E-state index in [0.29, 0.717) is 22.1 Å². The van der Waals surface area contributed by atoms with Crippen molar-refractivity contribution < 1.29 is 17.9 Å². The third kappa shape index (κ3) is 4.82. The summed E-state index contributed by atoms with van der Waals surface area (Å²) in [5, 5.41) is 3.13. The number of benzene rings is 3. The van der Waals surface area contributed by atoms with Gasteiger partial charge in [-0.05, 0) is 48.5 Å². The van der Waals surface area contributed by atoms with Crippen LogP contribution in [0.3, 0.4) is 0 Å². The van der Waals surface area contributed by atoms with Crippen molar-refractivity contribution in [1.82, 2.24) is 0 Å². The normalized spacial score (nSPS) is 10.9. The number of anilines is 2. The summed E-state index contributed by atoms with van der Waals surface area (Å²) in [6.07, 6.45) is 0. The van der Waals surface area contributed by atoms with E-state index in [2.05, 4.69) is 10.0 Å². The number of sulfonamides is 1. The fourth-order valence-corrected chi connectivity index (χ4v) is 3.76. The van der Waals surface area contributed by atoms with Crippen LogP contribution >= 0.6 is 11.6 Å². The molecule has 0 heterocycles. The molecule has 144 valence electrons. The Hall–Kier alpha value is -3.03. The van der Waals surface area contributed by atoms with Crippen LogP contribution in [-0.2, 0) is 10.0 Å². The second kappa shape index (κ2) is 8.33. The van der Waals surface area contributed by atoms with Crippen molar-refractivity contribution in [2.45, 2.75) is 4.90 Å². The lowest BCUT2D eigenvalue weighted by Crippen LogP contribution is -2.16. The molecule has 0 fully saturated rings. The smallest absolute Gasteiger partial charge is 0.261 e. The Balaban J connectivity index is 1.81. The molecule has 8 heteroatoms. The lowest BCUT2D eigenvalue weighted by Gasteiger charge is -2.10. The van der Waals surface area contributed by atoms with Crippen molar-refractivity contribution in [2.24, 2.45) is 0 Å². The number of carbonyl (C=O) groups excluding carboxylic acids is 1. The molecule has 0 aromatic heterocycles. The van der Waals surface area contributed by atoms with Gasteiger partial charge in [-0.25, -0.2) is 8.42 Å². The van der Waals surface area contributed by atoms with Crippen LogP contribution in [0.2, 0.25) is 5.02 Å². The number of halogens is 1. The molecule has 0 aliphatic rings. The second-order valence-corrected chi connectivity index (χ2v) is 7.95. The van der Waals surface area contributed by atoms with E-state index in [1.807, 2.05) is 0 Å². The Morgan fingerprint density at radius 1 is 0.929 bits per heavy atom. The first-order chi connectivity index (χ1) is 13.4. The Labute approximate surface area is 168 Å². The first-order valence-corrected chi connectivity index (χ1v) is 10.1. The Kier molecular flexibility index (Phi) is 5.87. The molecular formula is C20H17ClN2O4S. The zero-order chi connectivity index (χ0) is 20.1. The predicted molar refractivity (Wildman–Crippen MR) is 110 cm³/mol. The van der Waals surface area contributed by atoms with Gasteiger partial charge in [0.2, 0.25) is 0 Å². The summed E-state index contributed by atoms with van der Waals surface area (Å²) in [6.45, 7) is 0. The van der Waals surface area contributed by atoms with E-state index in [1.54, 1.807) is 42.5 Å².